The van der Waals surface area contributed by atoms with Gasteiger partial charge in [-0.05, 0) is 37.0 Å². The van der Waals surface area contributed by atoms with Gasteiger partial charge in [-0.3, -0.25) is 9.59 Å². The van der Waals surface area contributed by atoms with Crippen LogP contribution in [-0.2, 0) is 4.79 Å². The van der Waals surface area contributed by atoms with Crippen molar-refractivity contribution < 1.29 is 19.1 Å². The predicted molar refractivity (Wildman–Crippen MR) is 76.5 cm³/mol. The second kappa shape index (κ2) is 6.56. The number of aliphatic carboxylic acids is 1. The molecule has 2 atom stereocenters. The Morgan fingerprint density at radius 2 is 2.05 bits per heavy atom. The van der Waals surface area contributed by atoms with Gasteiger partial charge < -0.3 is 16.2 Å². The van der Waals surface area contributed by atoms with E-state index in [-0.39, 0.29) is 23.1 Å². The van der Waals surface area contributed by atoms with Gasteiger partial charge in [0.1, 0.15) is 5.82 Å². The molecule has 1 aromatic carbocycles. The summed E-state index contributed by atoms with van der Waals surface area (Å²) in [6.45, 7) is 0.407. The average molecular weight is 294 g/mol. The van der Waals surface area contributed by atoms with Crippen molar-refractivity contribution in [3.63, 3.8) is 0 Å². The Hall–Kier alpha value is -2.11. The first-order chi connectivity index (χ1) is 9.99. The van der Waals surface area contributed by atoms with Crippen LogP contribution in [0.3, 0.4) is 0 Å². The standard InChI is InChI=1S/C15H19FN2O3/c16-12-7-9(14(17)19)5-6-13(12)18-8-10-3-1-2-4-11(10)15(20)21/h5-7,10-11,18H,1-4,8H2,(H2,17,19)(H,20,21). The Kier molecular flexibility index (Phi) is 4.77. The van der Waals surface area contributed by atoms with Gasteiger partial charge in [0.15, 0.2) is 0 Å². The van der Waals surface area contributed by atoms with Crippen molar-refractivity contribution in [2.75, 3.05) is 11.9 Å². The highest BCUT2D eigenvalue weighted by Gasteiger charge is 2.30. The van der Waals surface area contributed by atoms with Gasteiger partial charge in [0, 0.05) is 12.1 Å². The van der Waals surface area contributed by atoms with Crippen LogP contribution in [0, 0.1) is 17.7 Å². The molecule has 0 saturated heterocycles. The molecule has 2 rings (SSSR count). The molecule has 1 aliphatic rings. The second-order valence-electron chi connectivity index (χ2n) is 5.43. The molecule has 2 unspecified atom stereocenters. The number of nitrogens with one attached hydrogen (secondary N) is 1. The molecule has 21 heavy (non-hydrogen) atoms. The highest BCUT2D eigenvalue weighted by molar-refractivity contribution is 5.93. The van der Waals surface area contributed by atoms with Gasteiger partial charge in [0.05, 0.1) is 11.6 Å². The summed E-state index contributed by atoms with van der Waals surface area (Å²) in [6.07, 6.45) is 3.42. The van der Waals surface area contributed by atoms with E-state index in [0.29, 0.717) is 13.0 Å². The van der Waals surface area contributed by atoms with Crippen LogP contribution in [0.1, 0.15) is 36.0 Å². The third-order valence-electron chi connectivity index (χ3n) is 4.03. The normalized spacial score (nSPS) is 21.8. The molecule has 1 amide bonds. The summed E-state index contributed by atoms with van der Waals surface area (Å²) in [7, 11) is 0. The minimum atomic E-state index is -0.786. The van der Waals surface area contributed by atoms with Gasteiger partial charge in [-0.2, -0.15) is 0 Å². The number of carbonyl (C=O) groups excluding carboxylic acids is 1. The molecule has 1 aliphatic carbocycles. The number of rotatable bonds is 5. The van der Waals surface area contributed by atoms with Crippen molar-refractivity contribution in [3.8, 4) is 0 Å². The molecule has 0 radical (unpaired) electrons. The lowest BCUT2D eigenvalue weighted by atomic mass is 9.79. The lowest BCUT2D eigenvalue weighted by molar-refractivity contribution is -0.144. The van der Waals surface area contributed by atoms with E-state index in [2.05, 4.69) is 5.32 Å². The maximum atomic E-state index is 13.8. The van der Waals surface area contributed by atoms with Crippen LogP contribution in [0.25, 0.3) is 0 Å². The van der Waals surface area contributed by atoms with Gasteiger partial charge >= 0.3 is 5.97 Å². The van der Waals surface area contributed by atoms with Crippen molar-refractivity contribution in [1.82, 2.24) is 0 Å². The fraction of sp³-hybridized carbons (Fsp3) is 0.467. The summed E-state index contributed by atoms with van der Waals surface area (Å²) in [4.78, 5) is 22.2. The number of primary amides is 1. The van der Waals surface area contributed by atoms with E-state index in [0.717, 1.165) is 25.3 Å². The Morgan fingerprint density at radius 3 is 2.67 bits per heavy atom. The minimum absolute atomic E-state index is 0.00790. The Morgan fingerprint density at radius 1 is 1.33 bits per heavy atom. The number of hydrogen-bond acceptors (Lipinski definition) is 3. The van der Waals surface area contributed by atoms with Crippen LogP contribution in [-0.4, -0.2) is 23.5 Å². The molecule has 0 bridgehead atoms. The summed E-state index contributed by atoms with van der Waals surface area (Å²) >= 11 is 0. The first kappa shape index (κ1) is 15.3. The third kappa shape index (κ3) is 3.71. The molecule has 1 fully saturated rings. The summed E-state index contributed by atoms with van der Waals surface area (Å²) in [5.41, 5.74) is 5.45. The fourth-order valence-corrected chi connectivity index (χ4v) is 2.83. The van der Waals surface area contributed by atoms with Crippen molar-refractivity contribution >= 4 is 17.6 Å². The predicted octanol–water partition coefficient (Wildman–Crippen LogP) is 2.23. The largest absolute Gasteiger partial charge is 0.481 e. The smallest absolute Gasteiger partial charge is 0.306 e. The van der Waals surface area contributed by atoms with E-state index in [1.165, 1.54) is 12.1 Å². The van der Waals surface area contributed by atoms with Crippen LogP contribution in [0.4, 0.5) is 10.1 Å². The molecule has 114 valence electrons. The number of anilines is 1. The van der Waals surface area contributed by atoms with E-state index < -0.39 is 17.7 Å². The summed E-state index contributed by atoms with van der Waals surface area (Å²) < 4.78 is 13.8. The number of benzene rings is 1. The van der Waals surface area contributed by atoms with Gasteiger partial charge in [-0.1, -0.05) is 12.8 Å². The maximum Gasteiger partial charge on any atom is 0.306 e. The quantitative estimate of drug-likeness (QED) is 0.776. The Labute approximate surface area is 122 Å². The topological polar surface area (TPSA) is 92.4 Å². The summed E-state index contributed by atoms with van der Waals surface area (Å²) in [6, 6.07) is 3.98. The number of carboxylic acid groups (broad SMARTS) is 1. The summed E-state index contributed by atoms with van der Waals surface area (Å²) in [5, 5.41) is 12.1. The van der Waals surface area contributed by atoms with Crippen LogP contribution in [0.2, 0.25) is 0 Å². The number of hydrogen-bond donors (Lipinski definition) is 3. The highest BCUT2D eigenvalue weighted by Crippen LogP contribution is 2.30. The van der Waals surface area contributed by atoms with Crippen molar-refractivity contribution in [2.24, 2.45) is 17.6 Å². The van der Waals surface area contributed by atoms with Crippen LogP contribution in [0.5, 0.6) is 0 Å². The SMILES string of the molecule is NC(=O)c1ccc(NCC2CCCCC2C(=O)O)c(F)c1. The first-order valence-corrected chi connectivity index (χ1v) is 7.05. The molecule has 0 aromatic heterocycles. The Bertz CT molecular complexity index is 548. The lowest BCUT2D eigenvalue weighted by Gasteiger charge is -2.29. The van der Waals surface area contributed by atoms with Crippen LogP contribution in [0.15, 0.2) is 18.2 Å². The van der Waals surface area contributed by atoms with Gasteiger partial charge in [0.2, 0.25) is 5.91 Å². The Balaban J connectivity index is 2.02. The highest BCUT2D eigenvalue weighted by atomic mass is 19.1. The fourth-order valence-electron chi connectivity index (χ4n) is 2.83. The number of carboxylic acids is 1. The molecule has 0 aliphatic heterocycles. The molecule has 6 heteroatoms. The van der Waals surface area contributed by atoms with E-state index in [1.807, 2.05) is 0 Å². The average Bonchev–Trinajstić information content (AvgIpc) is 2.46. The molecule has 4 N–H and O–H groups in total. The number of carbonyl (C=O) groups is 2. The minimum Gasteiger partial charge on any atom is -0.481 e. The van der Waals surface area contributed by atoms with Crippen molar-refractivity contribution in [1.29, 1.82) is 0 Å². The van der Waals surface area contributed by atoms with Gasteiger partial charge in [-0.25, -0.2) is 4.39 Å². The van der Waals surface area contributed by atoms with Crippen molar-refractivity contribution in [2.45, 2.75) is 25.7 Å². The number of halogens is 1. The zero-order chi connectivity index (χ0) is 15.4. The van der Waals surface area contributed by atoms with Gasteiger partial charge in [0.25, 0.3) is 0 Å². The van der Waals surface area contributed by atoms with E-state index >= 15 is 0 Å². The zero-order valence-corrected chi connectivity index (χ0v) is 11.6. The lowest BCUT2D eigenvalue weighted by Crippen LogP contribution is -2.31. The van der Waals surface area contributed by atoms with Crippen LogP contribution < -0.4 is 11.1 Å². The van der Waals surface area contributed by atoms with Gasteiger partial charge in [-0.15, -0.1) is 0 Å². The molecule has 1 aromatic rings. The molecule has 5 nitrogen and oxygen atoms in total. The van der Waals surface area contributed by atoms with E-state index in [1.54, 1.807) is 0 Å². The number of nitrogens with two attached hydrogens (primary N) is 1. The molecular weight excluding hydrogens is 275 g/mol. The molecule has 0 heterocycles. The molecule has 1 saturated carbocycles. The van der Waals surface area contributed by atoms with Crippen molar-refractivity contribution in [3.05, 3.63) is 29.6 Å². The zero-order valence-electron chi connectivity index (χ0n) is 11.6. The maximum absolute atomic E-state index is 13.8. The van der Waals surface area contributed by atoms with E-state index in [9.17, 15) is 19.1 Å². The molecule has 0 spiro atoms. The first-order valence-electron chi connectivity index (χ1n) is 7.05. The monoisotopic (exact) mass is 294 g/mol. The molecular formula is C15H19FN2O3. The summed E-state index contributed by atoms with van der Waals surface area (Å²) in [5.74, 6) is -2.41. The second-order valence-corrected chi connectivity index (χ2v) is 5.43. The number of amides is 1. The van der Waals surface area contributed by atoms with E-state index in [4.69, 9.17) is 5.73 Å². The van der Waals surface area contributed by atoms with Crippen LogP contribution >= 0.6 is 0 Å². The third-order valence-corrected chi connectivity index (χ3v) is 4.03.